The second-order valence-electron chi connectivity index (χ2n) is 6.92. The summed E-state index contributed by atoms with van der Waals surface area (Å²) < 4.78 is 1.58. The summed E-state index contributed by atoms with van der Waals surface area (Å²) in [5.74, 6) is 6.74. The van der Waals surface area contributed by atoms with Gasteiger partial charge in [-0.15, -0.1) is 16.4 Å². The van der Waals surface area contributed by atoms with Crippen molar-refractivity contribution in [3.05, 3.63) is 71.4 Å². The summed E-state index contributed by atoms with van der Waals surface area (Å²) in [6.07, 6.45) is 3.94. The van der Waals surface area contributed by atoms with E-state index < -0.39 is 0 Å². The van der Waals surface area contributed by atoms with Crippen molar-refractivity contribution in [2.75, 3.05) is 5.32 Å². The van der Waals surface area contributed by atoms with Crippen LogP contribution in [0.15, 0.2) is 60.2 Å². The molecule has 1 fully saturated rings. The van der Waals surface area contributed by atoms with Gasteiger partial charge < -0.3 is 0 Å². The van der Waals surface area contributed by atoms with Crippen molar-refractivity contribution in [1.82, 2.24) is 25.2 Å². The molecule has 1 amide bonds. The highest BCUT2D eigenvalue weighted by atomic mass is 32.1. The van der Waals surface area contributed by atoms with Crippen LogP contribution >= 0.6 is 11.3 Å². The van der Waals surface area contributed by atoms with Gasteiger partial charge in [-0.3, -0.25) is 10.1 Å². The smallest absolute Gasteiger partial charge is 0.257 e. The number of rotatable bonds is 4. The molecule has 0 spiro atoms. The molecule has 0 aliphatic heterocycles. The number of anilines is 1. The summed E-state index contributed by atoms with van der Waals surface area (Å²) in [5, 5.41) is 16.5. The quantitative estimate of drug-likeness (QED) is 0.515. The molecular formula is C22H16N6OS. The Bertz CT molecular complexity index is 1250. The average molecular weight is 412 g/mol. The maximum absolute atomic E-state index is 12.6. The maximum atomic E-state index is 12.6. The Labute approximate surface area is 176 Å². The second kappa shape index (κ2) is 7.89. The summed E-state index contributed by atoms with van der Waals surface area (Å²) in [6.45, 7) is 0. The van der Waals surface area contributed by atoms with Gasteiger partial charge in [0, 0.05) is 28.0 Å². The number of amides is 1. The van der Waals surface area contributed by atoms with E-state index in [4.69, 9.17) is 0 Å². The maximum Gasteiger partial charge on any atom is 0.257 e. The fourth-order valence-electron chi connectivity index (χ4n) is 2.84. The Morgan fingerprint density at radius 3 is 2.80 bits per heavy atom. The molecule has 2 aromatic heterocycles. The highest BCUT2D eigenvalue weighted by Gasteiger charge is 2.17. The van der Waals surface area contributed by atoms with E-state index in [0.717, 1.165) is 22.5 Å². The number of hydrogen-bond donors (Lipinski definition) is 1. The predicted octanol–water partition coefficient (Wildman–Crippen LogP) is 3.80. The molecule has 146 valence electrons. The van der Waals surface area contributed by atoms with Crippen LogP contribution in [0.4, 0.5) is 5.13 Å². The van der Waals surface area contributed by atoms with Crippen LogP contribution in [0.25, 0.3) is 16.9 Å². The first kappa shape index (κ1) is 18.2. The number of nitrogens with zero attached hydrogens (tertiary/aromatic N) is 5. The number of carbonyl (C=O) groups excluding carboxylic acids is 1. The third kappa shape index (κ3) is 4.11. The second-order valence-corrected chi connectivity index (χ2v) is 7.78. The van der Waals surface area contributed by atoms with Crippen LogP contribution in [0.3, 0.4) is 0 Å². The SMILES string of the molecule is O=C(Nc1nc(-c2cccc(-n3cnnn3)c2)cs1)c1ccc(C#CC2CC2)cc1. The zero-order valence-corrected chi connectivity index (χ0v) is 16.6. The van der Waals surface area contributed by atoms with Crippen molar-refractivity contribution < 1.29 is 4.79 Å². The normalized spacial score (nSPS) is 12.8. The molecule has 0 unspecified atom stereocenters. The highest BCUT2D eigenvalue weighted by Crippen LogP contribution is 2.28. The van der Waals surface area contributed by atoms with Crippen LogP contribution < -0.4 is 5.32 Å². The summed E-state index contributed by atoms with van der Waals surface area (Å²) in [6, 6.07) is 15.1. The third-order valence-electron chi connectivity index (χ3n) is 4.63. The topological polar surface area (TPSA) is 85.6 Å². The predicted molar refractivity (Wildman–Crippen MR) is 114 cm³/mol. The molecule has 1 aliphatic rings. The van der Waals surface area contributed by atoms with Gasteiger partial charge in [0.15, 0.2) is 5.13 Å². The molecule has 1 N–H and O–H groups in total. The fourth-order valence-corrected chi connectivity index (χ4v) is 3.55. The Morgan fingerprint density at radius 2 is 2.03 bits per heavy atom. The first-order chi connectivity index (χ1) is 14.7. The van der Waals surface area contributed by atoms with Crippen molar-refractivity contribution in [1.29, 1.82) is 0 Å². The lowest BCUT2D eigenvalue weighted by Gasteiger charge is -2.03. The Hall–Kier alpha value is -3.83. The summed E-state index contributed by atoms with van der Waals surface area (Å²) >= 11 is 1.38. The van der Waals surface area contributed by atoms with Gasteiger partial charge >= 0.3 is 0 Å². The van der Waals surface area contributed by atoms with Crippen LogP contribution in [0.1, 0.15) is 28.8 Å². The van der Waals surface area contributed by atoms with E-state index in [1.807, 2.05) is 41.8 Å². The van der Waals surface area contributed by atoms with Crippen molar-refractivity contribution in [3.8, 4) is 28.8 Å². The molecule has 7 nitrogen and oxygen atoms in total. The zero-order chi connectivity index (χ0) is 20.3. The molecule has 0 radical (unpaired) electrons. The van der Waals surface area contributed by atoms with Crippen LogP contribution in [0.2, 0.25) is 0 Å². The molecule has 2 aromatic carbocycles. The molecule has 30 heavy (non-hydrogen) atoms. The van der Waals surface area contributed by atoms with E-state index in [1.165, 1.54) is 30.5 Å². The molecule has 0 bridgehead atoms. The average Bonchev–Trinajstić information content (AvgIpc) is 3.24. The monoisotopic (exact) mass is 412 g/mol. The number of hydrogen-bond acceptors (Lipinski definition) is 6. The van der Waals surface area contributed by atoms with Crippen LogP contribution in [-0.2, 0) is 0 Å². The minimum atomic E-state index is -0.194. The van der Waals surface area contributed by atoms with Crippen molar-refractivity contribution in [2.24, 2.45) is 5.92 Å². The molecule has 0 saturated heterocycles. The summed E-state index contributed by atoms with van der Waals surface area (Å²) in [7, 11) is 0. The summed E-state index contributed by atoms with van der Waals surface area (Å²) in [5.41, 5.74) is 4.03. The number of carbonyl (C=O) groups is 1. The van der Waals surface area contributed by atoms with Crippen molar-refractivity contribution in [2.45, 2.75) is 12.8 Å². The van der Waals surface area contributed by atoms with Crippen LogP contribution in [-0.4, -0.2) is 31.1 Å². The van der Waals surface area contributed by atoms with E-state index >= 15 is 0 Å². The molecule has 0 atom stereocenters. The summed E-state index contributed by atoms with van der Waals surface area (Å²) in [4.78, 5) is 17.1. The first-order valence-corrected chi connectivity index (χ1v) is 10.3. The number of nitrogens with one attached hydrogen (secondary N) is 1. The number of aromatic nitrogens is 5. The van der Waals surface area contributed by atoms with Gasteiger partial charge in [0.25, 0.3) is 5.91 Å². The van der Waals surface area contributed by atoms with E-state index in [2.05, 4.69) is 37.7 Å². The molecule has 8 heteroatoms. The number of thiazole rings is 1. The van der Waals surface area contributed by atoms with Gasteiger partial charge in [0.2, 0.25) is 0 Å². The largest absolute Gasteiger partial charge is 0.298 e. The van der Waals surface area contributed by atoms with Crippen LogP contribution in [0, 0.1) is 17.8 Å². The first-order valence-electron chi connectivity index (χ1n) is 9.47. The van der Waals surface area contributed by atoms with Gasteiger partial charge in [-0.25, -0.2) is 9.67 Å². The molecule has 1 saturated carbocycles. The molecule has 5 rings (SSSR count). The lowest BCUT2D eigenvalue weighted by Crippen LogP contribution is -2.11. The van der Waals surface area contributed by atoms with Gasteiger partial charge in [0.05, 0.1) is 11.4 Å². The van der Waals surface area contributed by atoms with Crippen molar-refractivity contribution in [3.63, 3.8) is 0 Å². The van der Waals surface area contributed by atoms with Gasteiger partial charge in [-0.05, 0) is 59.7 Å². The Morgan fingerprint density at radius 1 is 1.17 bits per heavy atom. The minimum absolute atomic E-state index is 0.194. The Balaban J connectivity index is 1.28. The molecule has 1 aliphatic carbocycles. The number of tetrazole rings is 1. The number of benzene rings is 2. The van der Waals surface area contributed by atoms with Crippen molar-refractivity contribution >= 4 is 22.4 Å². The van der Waals surface area contributed by atoms with Gasteiger partial charge in [-0.1, -0.05) is 24.0 Å². The minimum Gasteiger partial charge on any atom is -0.298 e. The van der Waals surface area contributed by atoms with Crippen LogP contribution in [0.5, 0.6) is 0 Å². The zero-order valence-electron chi connectivity index (χ0n) is 15.8. The van der Waals surface area contributed by atoms with E-state index in [9.17, 15) is 4.79 Å². The molecule has 2 heterocycles. The van der Waals surface area contributed by atoms with Gasteiger partial charge in [-0.2, -0.15) is 0 Å². The standard InChI is InChI=1S/C22H16N6OS/c29-21(17-10-8-16(9-11-17)7-6-15-4-5-15)25-22-24-20(13-30-22)18-2-1-3-19(12-18)28-14-23-26-27-28/h1-3,8-15H,4-5H2,(H,24,25,29). The highest BCUT2D eigenvalue weighted by molar-refractivity contribution is 7.14. The lowest BCUT2D eigenvalue weighted by molar-refractivity contribution is 0.102. The van der Waals surface area contributed by atoms with Gasteiger partial charge in [0.1, 0.15) is 6.33 Å². The van der Waals surface area contributed by atoms with E-state index in [0.29, 0.717) is 16.6 Å². The van der Waals surface area contributed by atoms with E-state index in [-0.39, 0.29) is 5.91 Å². The van der Waals surface area contributed by atoms with E-state index in [1.54, 1.807) is 16.8 Å². The molecular weight excluding hydrogens is 396 g/mol. The Kier molecular flexibility index (Phi) is 4.79. The lowest BCUT2D eigenvalue weighted by atomic mass is 10.1. The fraction of sp³-hybridized carbons (Fsp3) is 0.136. The molecule has 4 aromatic rings. The third-order valence-corrected chi connectivity index (χ3v) is 5.38.